The Hall–Kier alpha value is -1.84. The molecule has 4 nitrogen and oxygen atoms in total. The van der Waals surface area contributed by atoms with Gasteiger partial charge in [-0.05, 0) is 37.1 Å². The highest BCUT2D eigenvalue weighted by atomic mass is 16.1. The van der Waals surface area contributed by atoms with Crippen LogP contribution in [0.4, 0.5) is 5.69 Å². The highest BCUT2D eigenvalue weighted by Gasteiger charge is 2.04. The van der Waals surface area contributed by atoms with Gasteiger partial charge in [0.1, 0.15) is 5.84 Å². The van der Waals surface area contributed by atoms with E-state index in [4.69, 9.17) is 11.1 Å². The summed E-state index contributed by atoms with van der Waals surface area (Å²) in [5, 5.41) is 9.67. The number of benzene rings is 1. The largest absolute Gasteiger partial charge is 0.387 e. The zero-order chi connectivity index (χ0) is 11.4. The summed E-state index contributed by atoms with van der Waals surface area (Å²) < 4.78 is 0. The number of rotatable bonds is 3. The van der Waals surface area contributed by atoms with Gasteiger partial charge in [0.05, 0.1) is 6.42 Å². The van der Waals surface area contributed by atoms with Gasteiger partial charge in [0.15, 0.2) is 0 Å². The summed E-state index contributed by atoms with van der Waals surface area (Å²) in [7, 11) is 0. The van der Waals surface area contributed by atoms with Gasteiger partial charge in [0.2, 0.25) is 5.91 Å². The van der Waals surface area contributed by atoms with Gasteiger partial charge in [0, 0.05) is 5.69 Å². The molecular weight excluding hydrogens is 190 g/mol. The zero-order valence-electron chi connectivity index (χ0n) is 8.92. The standard InChI is InChI=1S/C11H15N3O/c1-7-3-4-9(5-8(7)2)14-11(15)6-10(12)13/h3-5H,6H2,1-2H3,(H3,12,13)(H,14,15). The van der Waals surface area contributed by atoms with Gasteiger partial charge in [0.25, 0.3) is 0 Å². The Balaban J connectivity index is 2.69. The quantitative estimate of drug-likeness (QED) is 0.517. The maximum atomic E-state index is 11.3. The van der Waals surface area contributed by atoms with Crippen LogP contribution in [0.25, 0.3) is 0 Å². The molecule has 0 atom stereocenters. The first-order chi connectivity index (χ1) is 6.99. The Morgan fingerprint density at radius 1 is 1.40 bits per heavy atom. The minimum absolute atomic E-state index is 0.0626. The van der Waals surface area contributed by atoms with Gasteiger partial charge < -0.3 is 11.1 Å². The second kappa shape index (κ2) is 4.59. The highest BCUT2D eigenvalue weighted by Crippen LogP contribution is 2.14. The van der Waals surface area contributed by atoms with Crippen LogP contribution in [0.5, 0.6) is 0 Å². The number of anilines is 1. The molecular formula is C11H15N3O. The average molecular weight is 205 g/mol. The van der Waals surface area contributed by atoms with Crippen molar-refractivity contribution in [2.24, 2.45) is 5.73 Å². The van der Waals surface area contributed by atoms with Crippen LogP contribution in [0, 0.1) is 19.3 Å². The van der Waals surface area contributed by atoms with Gasteiger partial charge in [-0.15, -0.1) is 0 Å². The number of amidine groups is 1. The third-order valence-corrected chi connectivity index (χ3v) is 2.14. The van der Waals surface area contributed by atoms with Crippen molar-refractivity contribution < 1.29 is 4.79 Å². The van der Waals surface area contributed by atoms with Crippen molar-refractivity contribution in [1.82, 2.24) is 0 Å². The van der Waals surface area contributed by atoms with E-state index in [1.165, 1.54) is 5.56 Å². The molecule has 4 N–H and O–H groups in total. The first-order valence-corrected chi connectivity index (χ1v) is 4.69. The molecule has 1 aromatic carbocycles. The molecule has 1 rings (SSSR count). The van der Waals surface area contributed by atoms with Crippen molar-refractivity contribution in [1.29, 1.82) is 5.41 Å². The lowest BCUT2D eigenvalue weighted by atomic mass is 10.1. The van der Waals surface area contributed by atoms with E-state index in [1.807, 2.05) is 32.0 Å². The number of aryl methyl sites for hydroxylation is 2. The summed E-state index contributed by atoms with van der Waals surface area (Å²) in [5.74, 6) is -0.387. The molecule has 0 unspecified atom stereocenters. The predicted molar refractivity (Wildman–Crippen MR) is 61.1 cm³/mol. The zero-order valence-corrected chi connectivity index (χ0v) is 8.92. The van der Waals surface area contributed by atoms with Gasteiger partial charge in [-0.3, -0.25) is 10.2 Å². The van der Waals surface area contributed by atoms with E-state index in [0.29, 0.717) is 0 Å². The van der Waals surface area contributed by atoms with E-state index >= 15 is 0 Å². The molecule has 1 aromatic rings. The lowest BCUT2D eigenvalue weighted by molar-refractivity contribution is -0.115. The molecule has 0 radical (unpaired) electrons. The molecule has 0 fully saturated rings. The number of carbonyl (C=O) groups is 1. The van der Waals surface area contributed by atoms with Crippen molar-refractivity contribution in [3.63, 3.8) is 0 Å². The Labute approximate surface area is 89.0 Å². The van der Waals surface area contributed by atoms with Crippen LogP contribution in [-0.4, -0.2) is 11.7 Å². The van der Waals surface area contributed by atoms with Crippen molar-refractivity contribution in [2.45, 2.75) is 20.3 Å². The van der Waals surface area contributed by atoms with Crippen molar-refractivity contribution in [3.05, 3.63) is 29.3 Å². The fourth-order valence-electron chi connectivity index (χ4n) is 1.20. The molecule has 0 saturated heterocycles. The molecule has 0 bridgehead atoms. The van der Waals surface area contributed by atoms with Crippen molar-refractivity contribution in [3.8, 4) is 0 Å². The molecule has 0 saturated carbocycles. The van der Waals surface area contributed by atoms with Crippen LogP contribution in [0.15, 0.2) is 18.2 Å². The third-order valence-electron chi connectivity index (χ3n) is 2.14. The van der Waals surface area contributed by atoms with E-state index in [9.17, 15) is 4.79 Å². The lowest BCUT2D eigenvalue weighted by Gasteiger charge is -2.06. The van der Waals surface area contributed by atoms with Gasteiger partial charge in [-0.25, -0.2) is 0 Å². The average Bonchev–Trinajstić information content (AvgIpc) is 2.10. The topological polar surface area (TPSA) is 79.0 Å². The normalized spacial score (nSPS) is 9.73. The summed E-state index contributed by atoms with van der Waals surface area (Å²) in [6, 6.07) is 5.67. The maximum absolute atomic E-state index is 11.3. The number of hydrogen-bond donors (Lipinski definition) is 3. The van der Waals surface area contributed by atoms with Crippen LogP contribution >= 0.6 is 0 Å². The molecule has 0 aromatic heterocycles. The monoisotopic (exact) mass is 205 g/mol. The number of amides is 1. The molecule has 15 heavy (non-hydrogen) atoms. The van der Waals surface area contributed by atoms with Crippen LogP contribution in [0.1, 0.15) is 17.5 Å². The Bertz CT molecular complexity index is 399. The van der Waals surface area contributed by atoms with Crippen LogP contribution in [0.3, 0.4) is 0 Å². The van der Waals surface area contributed by atoms with Crippen LogP contribution < -0.4 is 11.1 Å². The van der Waals surface area contributed by atoms with E-state index in [1.54, 1.807) is 0 Å². The summed E-state index contributed by atoms with van der Waals surface area (Å²) in [6.45, 7) is 3.99. The molecule has 0 spiro atoms. The highest BCUT2D eigenvalue weighted by molar-refractivity contribution is 6.03. The summed E-state index contributed by atoms with van der Waals surface area (Å²) in [6.07, 6.45) is -0.0626. The van der Waals surface area contributed by atoms with E-state index in [-0.39, 0.29) is 18.2 Å². The van der Waals surface area contributed by atoms with Crippen LogP contribution in [-0.2, 0) is 4.79 Å². The summed E-state index contributed by atoms with van der Waals surface area (Å²) in [5.41, 5.74) is 8.16. The molecule has 4 heteroatoms. The van der Waals surface area contributed by atoms with Gasteiger partial charge >= 0.3 is 0 Å². The van der Waals surface area contributed by atoms with Crippen LogP contribution in [0.2, 0.25) is 0 Å². The minimum Gasteiger partial charge on any atom is -0.387 e. The third kappa shape index (κ3) is 3.42. The first kappa shape index (κ1) is 11.2. The van der Waals surface area contributed by atoms with Crippen molar-refractivity contribution in [2.75, 3.05) is 5.32 Å². The molecule has 1 amide bonds. The lowest BCUT2D eigenvalue weighted by Crippen LogP contribution is -2.20. The minimum atomic E-state index is -0.259. The number of carbonyl (C=O) groups excluding carboxylic acids is 1. The first-order valence-electron chi connectivity index (χ1n) is 4.69. The van der Waals surface area contributed by atoms with Gasteiger partial charge in [-0.1, -0.05) is 6.07 Å². The Morgan fingerprint density at radius 3 is 2.60 bits per heavy atom. The number of nitrogens with two attached hydrogens (primary N) is 1. The second-order valence-electron chi connectivity index (χ2n) is 3.55. The maximum Gasteiger partial charge on any atom is 0.231 e. The van der Waals surface area contributed by atoms with Crippen molar-refractivity contribution >= 4 is 17.4 Å². The van der Waals surface area contributed by atoms with E-state index in [0.717, 1.165) is 11.3 Å². The fraction of sp³-hybridized carbons (Fsp3) is 0.273. The number of hydrogen-bond acceptors (Lipinski definition) is 2. The second-order valence-corrected chi connectivity index (χ2v) is 3.55. The molecule has 0 aliphatic rings. The fourth-order valence-corrected chi connectivity index (χ4v) is 1.20. The SMILES string of the molecule is Cc1ccc(NC(=O)CC(=N)N)cc1C. The van der Waals surface area contributed by atoms with E-state index in [2.05, 4.69) is 5.32 Å². The molecule has 0 aliphatic carbocycles. The Morgan fingerprint density at radius 2 is 2.07 bits per heavy atom. The smallest absolute Gasteiger partial charge is 0.231 e. The number of nitrogens with one attached hydrogen (secondary N) is 2. The molecule has 80 valence electrons. The predicted octanol–water partition coefficient (Wildman–Crippen LogP) is 1.57. The molecule has 0 heterocycles. The molecule has 0 aliphatic heterocycles. The summed E-state index contributed by atoms with van der Waals surface area (Å²) >= 11 is 0. The Kier molecular flexibility index (Phi) is 3.44. The van der Waals surface area contributed by atoms with Gasteiger partial charge in [-0.2, -0.15) is 0 Å². The summed E-state index contributed by atoms with van der Waals surface area (Å²) in [4.78, 5) is 11.3. The van der Waals surface area contributed by atoms with E-state index < -0.39 is 0 Å².